The normalized spacial score (nSPS) is 21.2. The first-order valence-electron chi connectivity index (χ1n) is 8.51. The van der Waals surface area contributed by atoms with Gasteiger partial charge in [0.05, 0.1) is 6.42 Å². The van der Waals surface area contributed by atoms with Crippen LogP contribution < -0.4 is 0 Å². The van der Waals surface area contributed by atoms with Crippen LogP contribution in [0.1, 0.15) is 31.2 Å². The van der Waals surface area contributed by atoms with E-state index in [0.29, 0.717) is 19.6 Å². The average molecular weight is 409 g/mol. The Kier molecular flexibility index (Phi) is 5.42. The summed E-state index contributed by atoms with van der Waals surface area (Å²) in [6.07, 6.45) is 2.36. The van der Waals surface area contributed by atoms with E-state index in [-0.39, 0.29) is 24.2 Å². The third kappa shape index (κ3) is 4.03. The lowest BCUT2D eigenvalue weighted by molar-refractivity contribution is -0.158. The number of amides is 2. The monoisotopic (exact) mass is 408 g/mol. The van der Waals surface area contributed by atoms with Crippen LogP contribution in [0.25, 0.3) is 0 Å². The van der Waals surface area contributed by atoms with Gasteiger partial charge in [0.25, 0.3) is 0 Å². The summed E-state index contributed by atoms with van der Waals surface area (Å²) in [5, 5.41) is 9.19. The minimum Gasteiger partial charge on any atom is -0.481 e. The van der Waals surface area contributed by atoms with Crippen LogP contribution in [0.2, 0.25) is 0 Å². The molecular weight excluding hydrogens is 388 g/mol. The molecule has 1 aromatic carbocycles. The summed E-state index contributed by atoms with van der Waals surface area (Å²) < 4.78 is 0.929. The molecule has 1 heterocycles. The maximum Gasteiger partial charge on any atom is 0.305 e. The van der Waals surface area contributed by atoms with Crippen molar-refractivity contribution < 1.29 is 19.5 Å². The molecule has 6 nitrogen and oxygen atoms in total. The van der Waals surface area contributed by atoms with Gasteiger partial charge in [0.15, 0.2) is 0 Å². The number of carbonyl (C=O) groups is 3. The smallest absolute Gasteiger partial charge is 0.305 e. The van der Waals surface area contributed by atoms with Gasteiger partial charge in [-0.15, -0.1) is 0 Å². The van der Waals surface area contributed by atoms with Gasteiger partial charge in [-0.2, -0.15) is 0 Å². The molecule has 0 aromatic heterocycles. The maximum absolute atomic E-state index is 12.9. The van der Waals surface area contributed by atoms with Gasteiger partial charge in [-0.25, -0.2) is 0 Å². The van der Waals surface area contributed by atoms with Crippen molar-refractivity contribution in [1.29, 1.82) is 0 Å². The molecule has 134 valence electrons. The Labute approximate surface area is 154 Å². The van der Waals surface area contributed by atoms with E-state index in [2.05, 4.69) is 15.9 Å². The Balaban J connectivity index is 1.75. The van der Waals surface area contributed by atoms with Crippen molar-refractivity contribution in [3.05, 3.63) is 34.3 Å². The number of hydrogen-bond acceptors (Lipinski definition) is 3. The van der Waals surface area contributed by atoms with Crippen LogP contribution >= 0.6 is 15.9 Å². The molecule has 7 heteroatoms. The van der Waals surface area contributed by atoms with Crippen LogP contribution in [-0.2, 0) is 20.9 Å². The quantitative estimate of drug-likeness (QED) is 0.810. The number of carbonyl (C=O) groups excluding carboxylic acids is 2. The molecular formula is C18H21BrN2O4. The number of nitrogens with zero attached hydrogens (tertiary/aromatic N) is 2. The zero-order valence-corrected chi connectivity index (χ0v) is 15.4. The van der Waals surface area contributed by atoms with Gasteiger partial charge < -0.3 is 14.9 Å². The fourth-order valence-corrected chi connectivity index (χ4v) is 3.81. The largest absolute Gasteiger partial charge is 0.481 e. The molecule has 0 radical (unpaired) electrons. The van der Waals surface area contributed by atoms with Crippen molar-refractivity contribution in [3.63, 3.8) is 0 Å². The minimum absolute atomic E-state index is 0.0410. The fraction of sp³-hybridized carbons (Fsp3) is 0.500. The molecule has 0 spiro atoms. The average Bonchev–Trinajstić information content (AvgIpc) is 2.49. The van der Waals surface area contributed by atoms with Gasteiger partial charge in [-0.1, -0.05) is 34.5 Å². The molecule has 2 amide bonds. The van der Waals surface area contributed by atoms with Crippen LogP contribution in [0.15, 0.2) is 28.7 Å². The lowest BCUT2D eigenvalue weighted by Crippen LogP contribution is -2.60. The van der Waals surface area contributed by atoms with Gasteiger partial charge in [0.2, 0.25) is 11.8 Å². The highest BCUT2D eigenvalue weighted by molar-refractivity contribution is 9.10. The Hall–Kier alpha value is -1.89. The van der Waals surface area contributed by atoms with Gasteiger partial charge in [0, 0.05) is 30.0 Å². The number of halogens is 1. The second-order valence-electron chi connectivity index (χ2n) is 6.66. The Morgan fingerprint density at radius 2 is 2.00 bits per heavy atom. The van der Waals surface area contributed by atoms with Crippen LogP contribution in [0.5, 0.6) is 0 Å². The van der Waals surface area contributed by atoms with Gasteiger partial charge >= 0.3 is 5.97 Å². The van der Waals surface area contributed by atoms with Gasteiger partial charge in [-0.05, 0) is 30.5 Å². The third-order valence-electron chi connectivity index (χ3n) is 4.95. The van der Waals surface area contributed by atoms with Crippen molar-refractivity contribution in [1.82, 2.24) is 9.80 Å². The molecule has 1 saturated carbocycles. The molecule has 1 atom stereocenters. The number of piperazine rings is 1. The number of hydrogen-bond donors (Lipinski definition) is 1. The van der Waals surface area contributed by atoms with E-state index in [9.17, 15) is 19.5 Å². The van der Waals surface area contributed by atoms with Gasteiger partial charge in [0.1, 0.15) is 6.04 Å². The summed E-state index contributed by atoms with van der Waals surface area (Å²) in [5.74, 6) is -1.44. The molecule has 1 aromatic rings. The Bertz CT molecular complexity index is 689. The number of benzene rings is 1. The van der Waals surface area contributed by atoms with Crippen LogP contribution in [0.4, 0.5) is 0 Å². The van der Waals surface area contributed by atoms with Crippen molar-refractivity contribution in [3.8, 4) is 0 Å². The van der Waals surface area contributed by atoms with Crippen molar-refractivity contribution in [2.45, 2.75) is 38.3 Å². The number of aliphatic carboxylic acids is 1. The van der Waals surface area contributed by atoms with E-state index in [1.165, 1.54) is 4.90 Å². The highest BCUT2D eigenvalue weighted by Crippen LogP contribution is 2.30. The molecule has 1 saturated heterocycles. The minimum atomic E-state index is -1.06. The van der Waals surface area contributed by atoms with Crippen LogP contribution in [-0.4, -0.2) is 51.8 Å². The van der Waals surface area contributed by atoms with Crippen molar-refractivity contribution in [2.24, 2.45) is 5.92 Å². The van der Waals surface area contributed by atoms with Crippen LogP contribution in [0, 0.1) is 5.92 Å². The lowest BCUT2D eigenvalue weighted by atomic mass is 9.83. The summed E-state index contributed by atoms with van der Waals surface area (Å²) in [6, 6.07) is 6.77. The molecule has 3 rings (SSSR count). The van der Waals surface area contributed by atoms with Crippen molar-refractivity contribution in [2.75, 3.05) is 13.1 Å². The van der Waals surface area contributed by atoms with E-state index < -0.39 is 12.0 Å². The molecule has 0 bridgehead atoms. The second kappa shape index (κ2) is 7.56. The Morgan fingerprint density at radius 1 is 1.24 bits per heavy atom. The molecule has 25 heavy (non-hydrogen) atoms. The van der Waals surface area contributed by atoms with E-state index in [4.69, 9.17) is 0 Å². The molecule has 1 N–H and O–H groups in total. The SMILES string of the molecule is O=C(O)CC1C(=O)N(Cc2cccc(Br)c2)CCN1C(=O)C1CCC1. The summed E-state index contributed by atoms with van der Waals surface area (Å²) in [4.78, 5) is 39.8. The van der Waals surface area contributed by atoms with E-state index in [0.717, 1.165) is 29.3 Å². The summed E-state index contributed by atoms with van der Waals surface area (Å²) in [5.41, 5.74) is 0.968. The molecule has 1 aliphatic heterocycles. The van der Waals surface area contributed by atoms with Crippen LogP contribution in [0.3, 0.4) is 0 Å². The summed E-state index contributed by atoms with van der Waals surface area (Å²) >= 11 is 3.41. The zero-order chi connectivity index (χ0) is 18.0. The first-order chi connectivity index (χ1) is 12.0. The highest BCUT2D eigenvalue weighted by atomic mass is 79.9. The maximum atomic E-state index is 12.9. The summed E-state index contributed by atoms with van der Waals surface area (Å²) in [7, 11) is 0. The molecule has 1 aliphatic carbocycles. The first kappa shape index (κ1) is 17.9. The summed E-state index contributed by atoms with van der Waals surface area (Å²) in [6.45, 7) is 1.24. The third-order valence-corrected chi connectivity index (χ3v) is 5.44. The molecule has 2 aliphatic rings. The number of rotatable bonds is 5. The number of carboxylic acids is 1. The van der Waals surface area contributed by atoms with Gasteiger partial charge in [-0.3, -0.25) is 14.4 Å². The van der Waals surface area contributed by atoms with E-state index in [1.807, 2.05) is 24.3 Å². The van der Waals surface area contributed by atoms with E-state index in [1.54, 1.807) is 4.90 Å². The fourth-order valence-electron chi connectivity index (χ4n) is 3.37. The Morgan fingerprint density at radius 3 is 2.60 bits per heavy atom. The number of carboxylic acid groups (broad SMARTS) is 1. The standard InChI is InChI=1S/C18H21BrN2O4/c19-14-6-1-3-12(9-14)11-20-7-8-21(17(24)13-4-2-5-13)15(18(20)25)10-16(22)23/h1,3,6,9,13,15H,2,4-5,7-8,10-11H2,(H,22,23). The zero-order valence-electron chi connectivity index (χ0n) is 13.9. The lowest BCUT2D eigenvalue weighted by Gasteiger charge is -2.42. The second-order valence-corrected chi connectivity index (χ2v) is 7.58. The highest BCUT2D eigenvalue weighted by Gasteiger charge is 2.41. The predicted molar refractivity (Wildman–Crippen MR) is 94.7 cm³/mol. The van der Waals surface area contributed by atoms with E-state index >= 15 is 0 Å². The molecule has 2 fully saturated rings. The van der Waals surface area contributed by atoms with Crippen molar-refractivity contribution >= 4 is 33.7 Å². The predicted octanol–water partition coefficient (Wildman–Crippen LogP) is 2.26. The molecule has 1 unspecified atom stereocenters. The first-order valence-corrected chi connectivity index (χ1v) is 9.30. The topological polar surface area (TPSA) is 77.9 Å².